The molecule has 5 nitrogen and oxygen atoms in total. The molecular weight excluding hydrogens is 242 g/mol. The van der Waals surface area contributed by atoms with Gasteiger partial charge in [-0.3, -0.25) is 5.32 Å². The highest BCUT2D eigenvalue weighted by molar-refractivity contribution is 8.13. The first kappa shape index (κ1) is 10.3. The molecule has 0 radical (unpaired) electrons. The topological polar surface area (TPSA) is 72.5 Å². The normalized spacial score (nSPS) is 15.1. The van der Waals surface area contributed by atoms with Crippen molar-refractivity contribution in [1.29, 1.82) is 0 Å². The molecule has 1 aromatic carbocycles. The standard InChI is InChI=1S/C8H6ClNO4S/c9-15(12,13)7-3-1-2-6-5(7)4-14-8(11)10-6/h1-3H,4H2,(H,10,11). The zero-order valence-corrected chi connectivity index (χ0v) is 8.93. The largest absolute Gasteiger partial charge is 0.444 e. The molecule has 0 unspecified atom stereocenters. The van der Waals surface area contributed by atoms with Gasteiger partial charge in [0.05, 0.1) is 10.6 Å². The number of hydrogen-bond acceptors (Lipinski definition) is 4. The molecule has 2 rings (SSSR count). The maximum atomic E-state index is 11.2. The molecule has 7 heteroatoms. The van der Waals surface area contributed by atoms with E-state index >= 15 is 0 Å². The molecule has 0 fully saturated rings. The Labute approximate surface area is 90.4 Å². The van der Waals surface area contributed by atoms with Gasteiger partial charge >= 0.3 is 6.09 Å². The number of amides is 1. The van der Waals surface area contributed by atoms with Crippen molar-refractivity contribution >= 4 is 31.5 Å². The Morgan fingerprint density at radius 2 is 2.13 bits per heavy atom. The number of benzene rings is 1. The lowest BCUT2D eigenvalue weighted by Gasteiger charge is -2.18. The van der Waals surface area contributed by atoms with E-state index in [0.29, 0.717) is 11.3 Å². The summed E-state index contributed by atoms with van der Waals surface area (Å²) in [6.07, 6.45) is -0.605. The van der Waals surface area contributed by atoms with E-state index in [4.69, 9.17) is 10.7 Å². The molecular formula is C8H6ClNO4S. The van der Waals surface area contributed by atoms with Crippen molar-refractivity contribution in [2.75, 3.05) is 5.32 Å². The zero-order valence-electron chi connectivity index (χ0n) is 7.36. The fraction of sp³-hybridized carbons (Fsp3) is 0.125. The Kier molecular flexibility index (Phi) is 2.32. The Morgan fingerprint density at radius 1 is 1.40 bits per heavy atom. The third-order valence-corrected chi connectivity index (χ3v) is 3.39. The minimum atomic E-state index is -3.82. The highest BCUT2D eigenvalue weighted by atomic mass is 35.7. The number of ether oxygens (including phenoxy) is 1. The summed E-state index contributed by atoms with van der Waals surface area (Å²) in [7, 11) is 1.42. The van der Waals surface area contributed by atoms with Gasteiger partial charge in [0.1, 0.15) is 6.61 Å². The molecule has 80 valence electrons. The molecule has 0 atom stereocenters. The van der Waals surface area contributed by atoms with Crippen molar-refractivity contribution < 1.29 is 17.9 Å². The monoisotopic (exact) mass is 247 g/mol. The van der Waals surface area contributed by atoms with Crippen LogP contribution in [0.2, 0.25) is 0 Å². The van der Waals surface area contributed by atoms with Gasteiger partial charge in [-0.15, -0.1) is 0 Å². The van der Waals surface area contributed by atoms with E-state index in [1.807, 2.05) is 0 Å². The van der Waals surface area contributed by atoms with Gasteiger partial charge in [-0.25, -0.2) is 13.2 Å². The lowest BCUT2D eigenvalue weighted by Crippen LogP contribution is -2.21. The summed E-state index contributed by atoms with van der Waals surface area (Å²) in [5, 5.41) is 2.39. The third kappa shape index (κ3) is 1.91. The smallest absolute Gasteiger partial charge is 0.411 e. The van der Waals surface area contributed by atoms with Crippen LogP contribution in [-0.4, -0.2) is 14.5 Å². The number of cyclic esters (lactones) is 1. The summed E-state index contributed by atoms with van der Waals surface area (Å²) in [6.45, 7) is -0.0940. The van der Waals surface area contributed by atoms with E-state index in [1.54, 1.807) is 6.07 Å². The highest BCUT2D eigenvalue weighted by Gasteiger charge is 2.23. The number of carbonyl (C=O) groups is 1. The van der Waals surface area contributed by atoms with Crippen LogP contribution in [-0.2, 0) is 20.4 Å². The second kappa shape index (κ2) is 3.39. The Balaban J connectivity index is 2.61. The fourth-order valence-electron chi connectivity index (χ4n) is 1.34. The minimum absolute atomic E-state index is 0.0401. The quantitative estimate of drug-likeness (QED) is 0.767. The molecule has 0 spiro atoms. The van der Waals surface area contributed by atoms with Crippen molar-refractivity contribution in [3.63, 3.8) is 0 Å². The summed E-state index contributed by atoms with van der Waals surface area (Å²) in [5.74, 6) is 0. The van der Waals surface area contributed by atoms with Gasteiger partial charge in [-0.2, -0.15) is 0 Å². The van der Waals surface area contributed by atoms with E-state index < -0.39 is 15.1 Å². The summed E-state index contributed by atoms with van der Waals surface area (Å²) in [5.41, 5.74) is 0.778. The van der Waals surface area contributed by atoms with Gasteiger partial charge in [0.25, 0.3) is 9.05 Å². The first-order valence-corrected chi connectivity index (χ1v) is 6.30. The molecule has 0 aromatic heterocycles. The maximum absolute atomic E-state index is 11.2. The van der Waals surface area contributed by atoms with Gasteiger partial charge in [0.2, 0.25) is 0 Å². The van der Waals surface area contributed by atoms with Crippen molar-refractivity contribution in [1.82, 2.24) is 0 Å². The number of carbonyl (C=O) groups excluding carboxylic acids is 1. The predicted octanol–water partition coefficient (Wildman–Crippen LogP) is 1.68. The Hall–Kier alpha value is -1.27. The van der Waals surface area contributed by atoms with Crippen LogP contribution in [0.3, 0.4) is 0 Å². The molecule has 0 saturated carbocycles. The van der Waals surface area contributed by atoms with Crippen LogP contribution in [0, 0.1) is 0 Å². The van der Waals surface area contributed by atoms with Gasteiger partial charge in [0.15, 0.2) is 0 Å². The first-order chi connectivity index (χ1) is 6.98. The van der Waals surface area contributed by atoms with Crippen LogP contribution in [0.25, 0.3) is 0 Å². The van der Waals surface area contributed by atoms with Crippen LogP contribution >= 0.6 is 10.7 Å². The highest BCUT2D eigenvalue weighted by Crippen LogP contribution is 2.29. The summed E-state index contributed by atoms with van der Waals surface area (Å²) < 4.78 is 27.0. The molecule has 0 bridgehead atoms. The third-order valence-electron chi connectivity index (χ3n) is 1.98. The van der Waals surface area contributed by atoms with Crippen molar-refractivity contribution in [3.05, 3.63) is 23.8 Å². The van der Waals surface area contributed by atoms with Crippen LogP contribution in [0.1, 0.15) is 5.56 Å². The number of halogens is 1. The number of hydrogen-bond donors (Lipinski definition) is 1. The average Bonchev–Trinajstić information content (AvgIpc) is 2.15. The average molecular weight is 248 g/mol. The van der Waals surface area contributed by atoms with Gasteiger partial charge in [-0.1, -0.05) is 6.07 Å². The number of nitrogens with one attached hydrogen (secondary N) is 1. The number of fused-ring (bicyclic) bond motifs is 1. The first-order valence-electron chi connectivity index (χ1n) is 3.99. The molecule has 1 aliphatic heterocycles. The van der Waals surface area contributed by atoms with Crippen LogP contribution in [0.4, 0.5) is 10.5 Å². The molecule has 1 heterocycles. The SMILES string of the molecule is O=C1Nc2cccc(S(=O)(=O)Cl)c2CO1. The van der Waals surface area contributed by atoms with Crippen molar-refractivity contribution in [3.8, 4) is 0 Å². The zero-order chi connectivity index (χ0) is 11.1. The van der Waals surface area contributed by atoms with Gasteiger partial charge in [-0.05, 0) is 12.1 Å². The van der Waals surface area contributed by atoms with E-state index in [9.17, 15) is 13.2 Å². The van der Waals surface area contributed by atoms with E-state index in [2.05, 4.69) is 10.1 Å². The van der Waals surface area contributed by atoms with Crippen LogP contribution < -0.4 is 5.32 Å². The van der Waals surface area contributed by atoms with E-state index in [-0.39, 0.29) is 11.5 Å². The molecule has 1 amide bonds. The molecule has 15 heavy (non-hydrogen) atoms. The maximum Gasteiger partial charge on any atom is 0.411 e. The number of rotatable bonds is 1. The molecule has 0 saturated heterocycles. The van der Waals surface area contributed by atoms with Crippen LogP contribution in [0.15, 0.2) is 23.1 Å². The van der Waals surface area contributed by atoms with Gasteiger partial charge < -0.3 is 4.74 Å². The summed E-state index contributed by atoms with van der Waals surface area (Å²) in [6, 6.07) is 4.45. The predicted molar refractivity (Wildman–Crippen MR) is 53.3 cm³/mol. The molecule has 0 aliphatic carbocycles. The van der Waals surface area contributed by atoms with Crippen LogP contribution in [0.5, 0.6) is 0 Å². The fourth-order valence-corrected chi connectivity index (χ4v) is 2.48. The van der Waals surface area contributed by atoms with Crippen molar-refractivity contribution in [2.24, 2.45) is 0 Å². The van der Waals surface area contributed by atoms with E-state index in [1.165, 1.54) is 12.1 Å². The second-order valence-corrected chi connectivity index (χ2v) is 5.46. The number of anilines is 1. The lowest BCUT2D eigenvalue weighted by atomic mass is 10.2. The lowest BCUT2D eigenvalue weighted by molar-refractivity contribution is 0.150. The molecule has 1 N–H and O–H groups in total. The van der Waals surface area contributed by atoms with Gasteiger partial charge in [0, 0.05) is 16.2 Å². The summed E-state index contributed by atoms with van der Waals surface area (Å²) >= 11 is 0. The minimum Gasteiger partial charge on any atom is -0.444 e. The molecule has 1 aliphatic rings. The Morgan fingerprint density at radius 3 is 2.80 bits per heavy atom. The van der Waals surface area contributed by atoms with Crippen molar-refractivity contribution in [2.45, 2.75) is 11.5 Å². The molecule has 1 aromatic rings. The summed E-state index contributed by atoms with van der Waals surface area (Å²) in [4.78, 5) is 10.8. The van der Waals surface area contributed by atoms with E-state index in [0.717, 1.165) is 0 Å². The second-order valence-electron chi connectivity index (χ2n) is 2.92. The Bertz CT molecular complexity index is 525.